The van der Waals surface area contributed by atoms with Crippen LogP contribution in [0.25, 0.3) is 0 Å². The minimum absolute atomic E-state index is 0.0488. The quantitative estimate of drug-likeness (QED) is 0.798. The van der Waals surface area contributed by atoms with Crippen LogP contribution in [0.5, 0.6) is 0 Å². The van der Waals surface area contributed by atoms with Crippen molar-refractivity contribution < 1.29 is 9.69 Å². The van der Waals surface area contributed by atoms with Crippen molar-refractivity contribution in [2.45, 2.75) is 26.3 Å². The maximum atomic E-state index is 12.3. The average molecular weight is 376 g/mol. The van der Waals surface area contributed by atoms with Crippen LogP contribution in [0.3, 0.4) is 0 Å². The van der Waals surface area contributed by atoms with E-state index in [2.05, 4.69) is 53.3 Å². The summed E-state index contributed by atoms with van der Waals surface area (Å²) in [6.45, 7) is 5.54. The zero-order chi connectivity index (χ0) is 16.8. The van der Waals surface area contributed by atoms with E-state index >= 15 is 0 Å². The third-order valence-corrected chi connectivity index (χ3v) is 4.27. The number of quaternary nitrogens is 1. The fourth-order valence-corrected chi connectivity index (χ4v) is 2.86. The molecule has 4 heteroatoms. The van der Waals surface area contributed by atoms with Crippen LogP contribution < -0.4 is 10.2 Å². The van der Waals surface area contributed by atoms with E-state index in [4.69, 9.17) is 0 Å². The van der Waals surface area contributed by atoms with Gasteiger partial charge in [-0.15, -0.1) is 0 Å². The highest BCUT2D eigenvalue weighted by atomic mass is 79.9. The Balaban J connectivity index is 1.93. The molecule has 0 bridgehead atoms. The highest BCUT2D eigenvalue weighted by molar-refractivity contribution is 9.10. The van der Waals surface area contributed by atoms with Gasteiger partial charge in [0, 0.05) is 15.7 Å². The number of halogens is 1. The number of carbonyl (C=O) groups is 1. The van der Waals surface area contributed by atoms with Crippen LogP contribution in [0.15, 0.2) is 53.0 Å². The monoisotopic (exact) mass is 375 g/mol. The number of amides is 1. The molecule has 1 amide bonds. The van der Waals surface area contributed by atoms with Crippen molar-refractivity contribution in [2.24, 2.45) is 0 Å². The van der Waals surface area contributed by atoms with Gasteiger partial charge in [-0.1, -0.05) is 60.1 Å². The predicted octanol–water partition coefficient (Wildman–Crippen LogP) is 3.23. The van der Waals surface area contributed by atoms with E-state index in [1.54, 1.807) is 0 Å². The van der Waals surface area contributed by atoms with Crippen molar-refractivity contribution in [1.29, 1.82) is 0 Å². The standard InChI is InChI=1S/C19H23BrN2O/c1-14(2)17-6-4-5-7-18(17)21-19(23)13-22(3)12-15-8-10-16(20)11-9-15/h4-11,14H,12-13H2,1-3H3,(H,21,23)/p+1. The van der Waals surface area contributed by atoms with Crippen LogP contribution in [-0.4, -0.2) is 19.5 Å². The molecule has 1 unspecified atom stereocenters. The first-order valence-corrected chi connectivity index (χ1v) is 8.69. The first-order valence-electron chi connectivity index (χ1n) is 7.90. The van der Waals surface area contributed by atoms with Crippen LogP contribution in [0.2, 0.25) is 0 Å². The lowest BCUT2D eigenvalue weighted by atomic mass is 10.0. The lowest BCUT2D eigenvalue weighted by molar-refractivity contribution is -0.885. The van der Waals surface area contributed by atoms with Crippen molar-refractivity contribution in [1.82, 2.24) is 0 Å². The predicted molar refractivity (Wildman–Crippen MR) is 98.8 cm³/mol. The van der Waals surface area contributed by atoms with Crippen molar-refractivity contribution in [2.75, 3.05) is 18.9 Å². The van der Waals surface area contributed by atoms with Gasteiger partial charge in [0.25, 0.3) is 5.91 Å². The lowest BCUT2D eigenvalue weighted by Crippen LogP contribution is -3.08. The smallest absolute Gasteiger partial charge is 0.279 e. The van der Waals surface area contributed by atoms with Gasteiger partial charge in [0.05, 0.1) is 7.05 Å². The first kappa shape index (κ1) is 17.7. The minimum atomic E-state index is 0.0488. The summed E-state index contributed by atoms with van der Waals surface area (Å²) in [5.41, 5.74) is 3.32. The Labute approximate surface area is 146 Å². The third kappa shape index (κ3) is 5.48. The molecule has 0 aliphatic heterocycles. The molecule has 0 fully saturated rings. The van der Waals surface area contributed by atoms with Crippen molar-refractivity contribution in [3.63, 3.8) is 0 Å². The van der Waals surface area contributed by atoms with Gasteiger partial charge in [0.1, 0.15) is 6.54 Å². The molecule has 0 saturated carbocycles. The van der Waals surface area contributed by atoms with E-state index in [0.29, 0.717) is 12.5 Å². The molecule has 0 aliphatic rings. The minimum Gasteiger partial charge on any atom is -0.326 e. The normalized spacial score (nSPS) is 12.2. The van der Waals surface area contributed by atoms with Gasteiger partial charge in [-0.3, -0.25) is 4.79 Å². The van der Waals surface area contributed by atoms with Gasteiger partial charge in [-0.2, -0.15) is 0 Å². The number of benzene rings is 2. The van der Waals surface area contributed by atoms with E-state index in [0.717, 1.165) is 21.6 Å². The molecule has 2 aromatic rings. The molecule has 2 rings (SSSR count). The molecular weight excluding hydrogens is 352 g/mol. The lowest BCUT2D eigenvalue weighted by Gasteiger charge is -2.16. The van der Waals surface area contributed by atoms with Crippen molar-refractivity contribution in [3.05, 3.63) is 64.1 Å². The Morgan fingerprint density at radius 3 is 2.43 bits per heavy atom. The molecule has 0 spiro atoms. The van der Waals surface area contributed by atoms with E-state index in [1.807, 2.05) is 37.4 Å². The molecule has 23 heavy (non-hydrogen) atoms. The summed E-state index contributed by atoms with van der Waals surface area (Å²) in [5, 5.41) is 3.05. The topological polar surface area (TPSA) is 33.5 Å². The second-order valence-electron chi connectivity index (χ2n) is 6.23. The van der Waals surface area contributed by atoms with Crippen LogP contribution in [0.4, 0.5) is 5.69 Å². The molecule has 122 valence electrons. The largest absolute Gasteiger partial charge is 0.326 e. The fourth-order valence-electron chi connectivity index (χ4n) is 2.60. The van der Waals surface area contributed by atoms with Crippen LogP contribution in [-0.2, 0) is 11.3 Å². The molecule has 0 radical (unpaired) electrons. The van der Waals surface area contributed by atoms with Gasteiger partial charge in [0.2, 0.25) is 0 Å². The van der Waals surface area contributed by atoms with E-state index in [9.17, 15) is 4.79 Å². The molecule has 0 aromatic heterocycles. The molecule has 0 aliphatic carbocycles. The maximum absolute atomic E-state index is 12.3. The Morgan fingerprint density at radius 2 is 1.78 bits per heavy atom. The third-order valence-electron chi connectivity index (χ3n) is 3.74. The zero-order valence-electron chi connectivity index (χ0n) is 13.9. The summed E-state index contributed by atoms with van der Waals surface area (Å²) in [6.07, 6.45) is 0. The van der Waals surface area contributed by atoms with E-state index < -0.39 is 0 Å². The summed E-state index contributed by atoms with van der Waals surface area (Å²) in [4.78, 5) is 13.5. The van der Waals surface area contributed by atoms with Gasteiger partial charge >= 0.3 is 0 Å². The molecule has 2 N–H and O–H groups in total. The Hall–Kier alpha value is -1.65. The fraction of sp³-hybridized carbons (Fsp3) is 0.316. The number of para-hydroxylation sites is 1. The SMILES string of the molecule is CC(C)c1ccccc1NC(=O)C[NH+](C)Cc1ccc(Br)cc1. The Morgan fingerprint density at radius 1 is 1.13 bits per heavy atom. The summed E-state index contributed by atoms with van der Waals surface area (Å²) in [7, 11) is 2.04. The van der Waals surface area contributed by atoms with Crippen LogP contribution in [0, 0.1) is 0 Å². The molecule has 2 aromatic carbocycles. The molecule has 3 nitrogen and oxygen atoms in total. The number of hydrogen-bond acceptors (Lipinski definition) is 1. The summed E-state index contributed by atoms with van der Waals surface area (Å²) >= 11 is 3.44. The Bertz CT molecular complexity index is 653. The molecule has 0 heterocycles. The van der Waals surface area contributed by atoms with Crippen LogP contribution >= 0.6 is 15.9 Å². The summed E-state index contributed by atoms with van der Waals surface area (Å²) in [5.74, 6) is 0.437. The van der Waals surface area contributed by atoms with Gasteiger partial charge < -0.3 is 10.2 Å². The zero-order valence-corrected chi connectivity index (χ0v) is 15.5. The number of carbonyl (C=O) groups excluding carboxylic acids is 1. The van der Waals surface area contributed by atoms with Crippen molar-refractivity contribution >= 4 is 27.5 Å². The number of anilines is 1. The molecule has 1 atom stereocenters. The summed E-state index contributed by atoms with van der Waals surface area (Å²) in [6, 6.07) is 16.2. The first-order chi connectivity index (χ1) is 11.0. The maximum Gasteiger partial charge on any atom is 0.279 e. The highest BCUT2D eigenvalue weighted by Gasteiger charge is 2.13. The van der Waals surface area contributed by atoms with E-state index in [-0.39, 0.29) is 5.91 Å². The second-order valence-corrected chi connectivity index (χ2v) is 7.14. The van der Waals surface area contributed by atoms with E-state index in [1.165, 1.54) is 11.1 Å². The number of likely N-dealkylation sites (N-methyl/N-ethyl adjacent to an activating group) is 1. The summed E-state index contributed by atoms with van der Waals surface area (Å²) < 4.78 is 1.07. The van der Waals surface area contributed by atoms with Gasteiger partial charge in [-0.05, 0) is 29.7 Å². The van der Waals surface area contributed by atoms with Crippen LogP contribution in [0.1, 0.15) is 30.9 Å². The average Bonchev–Trinajstić information content (AvgIpc) is 2.49. The number of rotatable bonds is 6. The Kier molecular flexibility index (Phi) is 6.37. The number of hydrogen-bond donors (Lipinski definition) is 2. The van der Waals surface area contributed by atoms with Gasteiger partial charge in [0.15, 0.2) is 6.54 Å². The second kappa shape index (κ2) is 8.27. The van der Waals surface area contributed by atoms with Gasteiger partial charge in [-0.25, -0.2) is 0 Å². The molecular formula is C19H24BrN2O+. The van der Waals surface area contributed by atoms with Crippen molar-refractivity contribution in [3.8, 4) is 0 Å². The number of nitrogens with one attached hydrogen (secondary N) is 2. The highest BCUT2D eigenvalue weighted by Crippen LogP contribution is 2.23. The molecule has 0 saturated heterocycles.